The summed E-state index contributed by atoms with van der Waals surface area (Å²) < 4.78 is 23.7. The van der Waals surface area contributed by atoms with Crippen LogP contribution in [0.25, 0.3) is 0 Å². The van der Waals surface area contributed by atoms with Crippen LogP contribution in [-0.4, -0.2) is 26.5 Å². The molecule has 1 aromatic rings. The Morgan fingerprint density at radius 1 is 1.11 bits per heavy atom. The molecule has 0 aliphatic rings. The number of hydrogen-bond acceptors (Lipinski definition) is 3. The Labute approximate surface area is 117 Å². The van der Waals surface area contributed by atoms with Crippen LogP contribution in [0.5, 0.6) is 0 Å². The second-order valence-electron chi connectivity index (χ2n) is 5.36. The van der Waals surface area contributed by atoms with Gasteiger partial charge in [0.15, 0.2) is 9.84 Å². The van der Waals surface area contributed by atoms with Gasteiger partial charge >= 0.3 is 0 Å². The van der Waals surface area contributed by atoms with Gasteiger partial charge in [-0.2, -0.15) is 0 Å². The number of sulfone groups is 1. The Bertz CT molecular complexity index is 468. The summed E-state index contributed by atoms with van der Waals surface area (Å²) in [5, 5.41) is 3.00. The molecule has 0 saturated carbocycles. The molecule has 0 aliphatic heterocycles. The summed E-state index contributed by atoms with van der Waals surface area (Å²) in [5.41, 5.74) is 1.21. The first kappa shape index (κ1) is 16.2. The van der Waals surface area contributed by atoms with Crippen LogP contribution in [-0.2, 0) is 9.84 Å². The molecule has 0 spiro atoms. The molecular formula is C15H25NO2S. The first-order valence-corrected chi connectivity index (χ1v) is 8.53. The summed E-state index contributed by atoms with van der Waals surface area (Å²) in [5.74, 6) is 0.539. The molecule has 0 amide bonds. The van der Waals surface area contributed by atoms with Gasteiger partial charge in [-0.15, -0.1) is 0 Å². The maximum atomic E-state index is 11.9. The van der Waals surface area contributed by atoms with Crippen LogP contribution in [0.15, 0.2) is 30.3 Å². The van der Waals surface area contributed by atoms with Crippen LogP contribution in [0.1, 0.15) is 38.8 Å². The lowest BCUT2D eigenvalue weighted by molar-refractivity contribution is 0.400. The van der Waals surface area contributed by atoms with Gasteiger partial charge in [-0.1, -0.05) is 37.3 Å². The van der Waals surface area contributed by atoms with Gasteiger partial charge in [0.05, 0.1) is 11.0 Å². The van der Waals surface area contributed by atoms with Crippen molar-refractivity contribution < 1.29 is 8.42 Å². The van der Waals surface area contributed by atoms with Crippen LogP contribution >= 0.6 is 0 Å². The lowest BCUT2D eigenvalue weighted by Crippen LogP contribution is -2.26. The van der Waals surface area contributed by atoms with Gasteiger partial charge in [0.2, 0.25) is 0 Å². The topological polar surface area (TPSA) is 46.2 Å². The summed E-state index contributed by atoms with van der Waals surface area (Å²) in [6.07, 6.45) is 0.681. The first-order valence-electron chi connectivity index (χ1n) is 6.82. The van der Waals surface area contributed by atoms with E-state index < -0.39 is 9.84 Å². The van der Waals surface area contributed by atoms with Crippen LogP contribution in [0.2, 0.25) is 0 Å². The molecule has 1 aromatic carbocycles. The summed E-state index contributed by atoms with van der Waals surface area (Å²) in [6, 6.07) is 10.4. The quantitative estimate of drug-likeness (QED) is 0.837. The standard InChI is InChI=1S/C15H25NO2S/c1-12(2)19(17,18)11-10-13(3)15(16-4)14-8-6-5-7-9-14/h5-9,12-13,15-16H,10-11H2,1-4H3. The van der Waals surface area contributed by atoms with Crippen LogP contribution in [0.3, 0.4) is 0 Å². The van der Waals surface area contributed by atoms with Crippen molar-refractivity contribution in [2.24, 2.45) is 5.92 Å². The van der Waals surface area contributed by atoms with E-state index >= 15 is 0 Å². The Kier molecular flexibility index (Phi) is 6.01. The fraction of sp³-hybridized carbons (Fsp3) is 0.600. The van der Waals surface area contributed by atoms with E-state index in [9.17, 15) is 8.42 Å². The normalized spacial score (nSPS) is 15.4. The van der Waals surface area contributed by atoms with Gasteiger partial charge in [-0.25, -0.2) is 8.42 Å². The minimum atomic E-state index is -2.94. The Morgan fingerprint density at radius 2 is 1.68 bits per heavy atom. The Morgan fingerprint density at radius 3 is 2.16 bits per heavy atom. The molecule has 0 saturated heterocycles. The van der Waals surface area contributed by atoms with E-state index in [1.807, 2.05) is 25.2 Å². The zero-order chi connectivity index (χ0) is 14.5. The molecule has 1 rings (SSSR count). The minimum absolute atomic E-state index is 0.198. The van der Waals surface area contributed by atoms with Crippen molar-refractivity contribution in [2.45, 2.75) is 38.5 Å². The summed E-state index contributed by atoms with van der Waals surface area (Å²) >= 11 is 0. The predicted octanol–water partition coefficient (Wildman–Crippen LogP) is 2.80. The predicted molar refractivity (Wildman–Crippen MR) is 80.9 cm³/mol. The zero-order valence-corrected chi connectivity index (χ0v) is 13.1. The third kappa shape index (κ3) is 4.62. The van der Waals surface area contributed by atoms with Gasteiger partial charge in [0.1, 0.15) is 0 Å². The third-order valence-electron chi connectivity index (χ3n) is 3.61. The van der Waals surface area contributed by atoms with Gasteiger partial charge in [0, 0.05) is 6.04 Å². The summed E-state index contributed by atoms with van der Waals surface area (Å²) in [7, 11) is -1.02. The van der Waals surface area contributed by atoms with Crippen molar-refractivity contribution in [3.63, 3.8) is 0 Å². The monoisotopic (exact) mass is 283 g/mol. The van der Waals surface area contributed by atoms with Crippen molar-refractivity contribution in [1.29, 1.82) is 0 Å². The number of rotatable bonds is 7. The van der Waals surface area contributed by atoms with Gasteiger partial charge < -0.3 is 5.32 Å². The number of nitrogens with one attached hydrogen (secondary N) is 1. The lowest BCUT2D eigenvalue weighted by Gasteiger charge is -2.24. The highest BCUT2D eigenvalue weighted by molar-refractivity contribution is 7.91. The van der Waals surface area contributed by atoms with Crippen molar-refractivity contribution >= 4 is 9.84 Å². The lowest BCUT2D eigenvalue weighted by atomic mass is 9.93. The van der Waals surface area contributed by atoms with E-state index in [2.05, 4.69) is 24.4 Å². The largest absolute Gasteiger partial charge is 0.313 e. The zero-order valence-electron chi connectivity index (χ0n) is 12.3. The second kappa shape index (κ2) is 7.06. The maximum absolute atomic E-state index is 11.9. The Hall–Kier alpha value is -0.870. The van der Waals surface area contributed by atoms with E-state index in [1.165, 1.54) is 5.56 Å². The molecule has 2 unspecified atom stereocenters. The molecule has 1 N–H and O–H groups in total. The molecule has 4 heteroatoms. The smallest absolute Gasteiger partial charge is 0.152 e. The molecule has 3 nitrogen and oxygen atoms in total. The van der Waals surface area contributed by atoms with Crippen molar-refractivity contribution in [1.82, 2.24) is 5.32 Å². The van der Waals surface area contributed by atoms with Crippen LogP contribution in [0.4, 0.5) is 0 Å². The van der Waals surface area contributed by atoms with Crippen LogP contribution < -0.4 is 5.32 Å². The molecule has 19 heavy (non-hydrogen) atoms. The maximum Gasteiger partial charge on any atom is 0.152 e. The molecule has 0 heterocycles. The second-order valence-corrected chi connectivity index (χ2v) is 8.04. The fourth-order valence-corrected chi connectivity index (χ4v) is 3.36. The third-order valence-corrected chi connectivity index (χ3v) is 5.86. The highest BCUT2D eigenvalue weighted by atomic mass is 32.2. The molecule has 2 atom stereocenters. The minimum Gasteiger partial charge on any atom is -0.313 e. The van der Waals surface area contributed by atoms with E-state index in [0.717, 1.165) is 0 Å². The van der Waals surface area contributed by atoms with Crippen LogP contribution in [0, 0.1) is 5.92 Å². The molecule has 108 valence electrons. The van der Waals surface area contributed by atoms with E-state index in [-0.39, 0.29) is 23.0 Å². The summed E-state index contributed by atoms with van der Waals surface area (Å²) in [6.45, 7) is 5.59. The highest BCUT2D eigenvalue weighted by Crippen LogP contribution is 2.24. The van der Waals surface area contributed by atoms with E-state index in [4.69, 9.17) is 0 Å². The number of benzene rings is 1. The van der Waals surface area contributed by atoms with Gasteiger partial charge in [-0.3, -0.25) is 0 Å². The molecule has 0 aromatic heterocycles. The van der Waals surface area contributed by atoms with Crippen molar-refractivity contribution in [3.05, 3.63) is 35.9 Å². The SMILES string of the molecule is CNC(c1ccccc1)C(C)CCS(=O)(=O)C(C)C. The molecule has 0 bridgehead atoms. The van der Waals surface area contributed by atoms with Crippen molar-refractivity contribution in [2.75, 3.05) is 12.8 Å². The molecule has 0 radical (unpaired) electrons. The molecule has 0 aliphatic carbocycles. The Balaban J connectivity index is 2.69. The molecular weight excluding hydrogens is 258 g/mol. The summed E-state index contributed by atoms with van der Waals surface area (Å²) in [4.78, 5) is 0. The van der Waals surface area contributed by atoms with E-state index in [1.54, 1.807) is 13.8 Å². The fourth-order valence-electron chi connectivity index (χ4n) is 2.19. The average Bonchev–Trinajstić information content (AvgIpc) is 2.38. The average molecular weight is 283 g/mol. The highest BCUT2D eigenvalue weighted by Gasteiger charge is 2.22. The van der Waals surface area contributed by atoms with E-state index in [0.29, 0.717) is 6.42 Å². The molecule has 0 fully saturated rings. The van der Waals surface area contributed by atoms with Gasteiger partial charge in [-0.05, 0) is 38.8 Å². The first-order chi connectivity index (χ1) is 8.88. The number of hydrogen-bond donors (Lipinski definition) is 1. The van der Waals surface area contributed by atoms with Gasteiger partial charge in [0.25, 0.3) is 0 Å². The van der Waals surface area contributed by atoms with Crippen molar-refractivity contribution in [3.8, 4) is 0 Å².